The average Bonchev–Trinajstić information content (AvgIpc) is 2.53. The summed E-state index contributed by atoms with van der Waals surface area (Å²) >= 11 is 0. The molecule has 2 aliphatic heterocycles. The van der Waals surface area contributed by atoms with Gasteiger partial charge in [0.2, 0.25) is 0 Å². The second-order valence-electron chi connectivity index (χ2n) is 6.55. The molecule has 2 aromatic carbocycles. The lowest BCUT2D eigenvalue weighted by atomic mass is 9.97. The molecule has 0 unspecified atom stereocenters. The van der Waals surface area contributed by atoms with E-state index in [1.165, 1.54) is 0 Å². The van der Waals surface area contributed by atoms with E-state index in [2.05, 4.69) is 4.90 Å². The third-order valence-electron chi connectivity index (χ3n) is 4.97. The zero-order chi connectivity index (χ0) is 17.9. The first-order chi connectivity index (χ1) is 11.9. The van der Waals surface area contributed by atoms with Crippen molar-refractivity contribution in [1.82, 2.24) is 0 Å². The van der Waals surface area contributed by atoms with E-state index in [-0.39, 0.29) is 21.2 Å². The predicted molar refractivity (Wildman–Crippen MR) is 92.9 cm³/mol. The van der Waals surface area contributed by atoms with Crippen molar-refractivity contribution in [2.75, 3.05) is 16.5 Å². The fourth-order valence-electron chi connectivity index (χ4n) is 3.84. The highest BCUT2D eigenvalue weighted by Crippen LogP contribution is 2.43. The number of nitro groups is 2. The van der Waals surface area contributed by atoms with Gasteiger partial charge < -0.3 is 9.80 Å². The van der Waals surface area contributed by atoms with E-state index >= 15 is 0 Å². The summed E-state index contributed by atoms with van der Waals surface area (Å²) in [4.78, 5) is 26.1. The number of rotatable bonds is 2. The second kappa shape index (κ2) is 5.17. The molecule has 8 heteroatoms. The summed E-state index contributed by atoms with van der Waals surface area (Å²) in [5.41, 5.74) is 4.80. The Hall–Kier alpha value is -3.16. The maximum Gasteiger partial charge on any atom is 0.279 e. The van der Waals surface area contributed by atoms with Gasteiger partial charge in [-0.3, -0.25) is 20.2 Å². The molecule has 2 bridgehead atoms. The van der Waals surface area contributed by atoms with Crippen molar-refractivity contribution in [3.63, 3.8) is 0 Å². The molecule has 25 heavy (non-hydrogen) atoms. The van der Waals surface area contributed by atoms with Crippen LogP contribution in [0, 0.1) is 34.1 Å². The van der Waals surface area contributed by atoms with Gasteiger partial charge in [-0.25, -0.2) is 0 Å². The summed E-state index contributed by atoms with van der Waals surface area (Å²) in [6.45, 7) is 4.99. The maximum absolute atomic E-state index is 11.5. The van der Waals surface area contributed by atoms with Crippen LogP contribution in [0.3, 0.4) is 0 Å². The Kier molecular flexibility index (Phi) is 3.18. The summed E-state index contributed by atoms with van der Waals surface area (Å²) in [6, 6.07) is 7.15. The zero-order valence-electron chi connectivity index (χ0n) is 13.9. The SMILES string of the molecule is Cc1cc2c(cc1[N+](=O)[O-])N1Cc3c(ccc(C)c3[N+](=O)[O-])N(C2)C1. The number of benzene rings is 2. The van der Waals surface area contributed by atoms with Gasteiger partial charge in [0.1, 0.15) is 0 Å². The van der Waals surface area contributed by atoms with Gasteiger partial charge in [-0.1, -0.05) is 6.07 Å². The molecule has 2 heterocycles. The zero-order valence-corrected chi connectivity index (χ0v) is 13.9. The molecule has 2 aromatic rings. The highest BCUT2D eigenvalue weighted by atomic mass is 16.6. The lowest BCUT2D eigenvalue weighted by Gasteiger charge is -2.44. The van der Waals surface area contributed by atoms with E-state index in [0.717, 1.165) is 16.9 Å². The molecule has 0 aliphatic carbocycles. The van der Waals surface area contributed by atoms with Gasteiger partial charge in [-0.05, 0) is 31.5 Å². The monoisotopic (exact) mass is 340 g/mol. The molecule has 128 valence electrons. The minimum absolute atomic E-state index is 0.0803. The first kappa shape index (κ1) is 15.4. The Labute approximate surface area is 143 Å². The van der Waals surface area contributed by atoms with Crippen LogP contribution < -0.4 is 9.80 Å². The molecule has 0 fully saturated rings. The molecule has 0 atom stereocenters. The summed E-state index contributed by atoms with van der Waals surface area (Å²) in [5, 5.41) is 22.8. The van der Waals surface area contributed by atoms with E-state index < -0.39 is 0 Å². The lowest BCUT2D eigenvalue weighted by Crippen LogP contribution is -2.46. The van der Waals surface area contributed by atoms with Crippen LogP contribution in [0.1, 0.15) is 22.3 Å². The van der Waals surface area contributed by atoms with Gasteiger partial charge in [-0.2, -0.15) is 0 Å². The van der Waals surface area contributed by atoms with Crippen LogP contribution in [-0.2, 0) is 13.1 Å². The summed E-state index contributed by atoms with van der Waals surface area (Å²) in [7, 11) is 0. The van der Waals surface area contributed by atoms with Crippen molar-refractivity contribution in [1.29, 1.82) is 0 Å². The standard InChI is InChI=1S/C17H16N4O4/c1-10-3-4-14-13(17(10)21(24)25)8-19-9-18(14)7-12-5-11(2)15(20(22)23)6-16(12)19/h3-6H,7-9H2,1-2H3. The molecule has 8 nitrogen and oxygen atoms in total. The minimum Gasteiger partial charge on any atom is -0.349 e. The van der Waals surface area contributed by atoms with Gasteiger partial charge in [0.15, 0.2) is 0 Å². The number of hydrogen-bond acceptors (Lipinski definition) is 6. The van der Waals surface area contributed by atoms with Crippen LogP contribution in [0.2, 0.25) is 0 Å². The van der Waals surface area contributed by atoms with E-state index in [4.69, 9.17) is 0 Å². The molecular weight excluding hydrogens is 324 g/mol. The van der Waals surface area contributed by atoms with Gasteiger partial charge in [0.05, 0.1) is 40.0 Å². The molecule has 0 spiro atoms. The maximum atomic E-state index is 11.5. The van der Waals surface area contributed by atoms with Crippen LogP contribution in [0.4, 0.5) is 22.7 Å². The first-order valence-electron chi connectivity index (χ1n) is 7.91. The smallest absolute Gasteiger partial charge is 0.279 e. The Morgan fingerprint density at radius 2 is 1.64 bits per heavy atom. The molecule has 0 amide bonds. The van der Waals surface area contributed by atoms with Crippen LogP contribution in [0.25, 0.3) is 0 Å². The molecule has 0 saturated carbocycles. The molecule has 2 aliphatic rings. The van der Waals surface area contributed by atoms with Crippen molar-refractivity contribution in [3.05, 3.63) is 66.7 Å². The topological polar surface area (TPSA) is 92.8 Å². The number of hydrogen-bond donors (Lipinski definition) is 0. The van der Waals surface area contributed by atoms with E-state index in [1.807, 2.05) is 17.0 Å². The summed E-state index contributed by atoms with van der Waals surface area (Å²) in [5.74, 6) is 0. The van der Waals surface area contributed by atoms with Crippen LogP contribution in [-0.4, -0.2) is 16.5 Å². The van der Waals surface area contributed by atoms with Gasteiger partial charge >= 0.3 is 0 Å². The third kappa shape index (κ3) is 2.21. The molecule has 0 aromatic heterocycles. The quantitative estimate of drug-likeness (QED) is 0.614. The number of fused-ring (bicyclic) bond motifs is 6. The second-order valence-corrected chi connectivity index (χ2v) is 6.55. The number of nitro benzene ring substituents is 2. The predicted octanol–water partition coefficient (Wildman–Crippen LogP) is 3.42. The Balaban J connectivity index is 1.87. The lowest BCUT2D eigenvalue weighted by molar-refractivity contribution is -0.386. The van der Waals surface area contributed by atoms with Crippen LogP contribution >= 0.6 is 0 Å². The highest BCUT2D eigenvalue weighted by molar-refractivity contribution is 5.74. The fourth-order valence-corrected chi connectivity index (χ4v) is 3.84. The summed E-state index contributed by atoms with van der Waals surface area (Å²) in [6.07, 6.45) is 0. The largest absolute Gasteiger partial charge is 0.349 e. The highest BCUT2D eigenvalue weighted by Gasteiger charge is 2.35. The number of nitrogens with zero attached hydrogens (tertiary/aromatic N) is 4. The fraction of sp³-hybridized carbons (Fsp3) is 0.294. The minimum atomic E-state index is -0.382. The van der Waals surface area contributed by atoms with Crippen LogP contribution in [0.15, 0.2) is 24.3 Å². The van der Waals surface area contributed by atoms with E-state index in [0.29, 0.717) is 36.4 Å². The van der Waals surface area contributed by atoms with Crippen LogP contribution in [0.5, 0.6) is 0 Å². The third-order valence-corrected chi connectivity index (χ3v) is 4.97. The van der Waals surface area contributed by atoms with E-state index in [1.54, 1.807) is 26.0 Å². The first-order valence-corrected chi connectivity index (χ1v) is 7.91. The molecule has 0 N–H and O–H groups in total. The van der Waals surface area contributed by atoms with Crippen molar-refractivity contribution in [2.24, 2.45) is 0 Å². The Morgan fingerprint density at radius 3 is 2.32 bits per heavy atom. The van der Waals surface area contributed by atoms with E-state index in [9.17, 15) is 20.2 Å². The Morgan fingerprint density at radius 1 is 0.920 bits per heavy atom. The van der Waals surface area contributed by atoms with Crippen molar-refractivity contribution in [2.45, 2.75) is 26.9 Å². The van der Waals surface area contributed by atoms with Crippen molar-refractivity contribution < 1.29 is 9.85 Å². The number of anilines is 2. The normalized spacial score (nSPS) is 14.8. The Bertz CT molecular complexity index is 941. The van der Waals surface area contributed by atoms with Gasteiger partial charge in [0, 0.05) is 23.7 Å². The molecule has 0 saturated heterocycles. The van der Waals surface area contributed by atoms with Crippen molar-refractivity contribution >= 4 is 22.7 Å². The van der Waals surface area contributed by atoms with Gasteiger partial charge in [0.25, 0.3) is 11.4 Å². The summed E-state index contributed by atoms with van der Waals surface area (Å²) < 4.78 is 0. The van der Waals surface area contributed by atoms with Gasteiger partial charge in [-0.15, -0.1) is 0 Å². The average molecular weight is 340 g/mol. The number of aryl methyl sites for hydroxylation is 2. The molecule has 4 rings (SSSR count). The molecule has 0 radical (unpaired) electrons. The van der Waals surface area contributed by atoms with Crippen molar-refractivity contribution in [3.8, 4) is 0 Å². The molecular formula is C17H16N4O4.